The Balaban J connectivity index is 2.55. The molecule has 1 unspecified atom stereocenters. The maximum absolute atomic E-state index is 10.9. The van der Waals surface area contributed by atoms with Crippen LogP contribution in [0.15, 0.2) is 0 Å². The van der Waals surface area contributed by atoms with E-state index >= 15 is 0 Å². The summed E-state index contributed by atoms with van der Waals surface area (Å²) in [5.74, 6) is 0.199. The molecular formula is C6H12N2O. The van der Waals surface area contributed by atoms with Gasteiger partial charge in [0.1, 0.15) is 0 Å². The van der Waals surface area contributed by atoms with Crippen LogP contribution in [0.1, 0.15) is 19.8 Å². The van der Waals surface area contributed by atoms with Crippen molar-refractivity contribution in [2.24, 2.45) is 5.73 Å². The second-order valence-corrected chi connectivity index (χ2v) is 2.43. The van der Waals surface area contributed by atoms with Gasteiger partial charge >= 0.3 is 0 Å². The van der Waals surface area contributed by atoms with Crippen molar-refractivity contribution >= 4 is 5.91 Å². The molecule has 3 nitrogen and oxygen atoms in total. The Morgan fingerprint density at radius 3 is 2.78 bits per heavy atom. The van der Waals surface area contributed by atoms with Crippen LogP contribution in [-0.4, -0.2) is 23.5 Å². The Labute approximate surface area is 54.8 Å². The van der Waals surface area contributed by atoms with E-state index in [4.69, 9.17) is 5.73 Å². The zero-order valence-corrected chi connectivity index (χ0v) is 5.63. The first-order valence-corrected chi connectivity index (χ1v) is 3.25. The fourth-order valence-corrected chi connectivity index (χ4v) is 1.16. The first-order valence-electron chi connectivity index (χ1n) is 3.25. The highest BCUT2D eigenvalue weighted by Gasteiger charge is 2.25. The molecule has 0 aromatic rings. The zero-order chi connectivity index (χ0) is 6.85. The molecule has 1 saturated heterocycles. The van der Waals surface area contributed by atoms with E-state index in [-0.39, 0.29) is 5.91 Å². The Morgan fingerprint density at radius 2 is 2.56 bits per heavy atom. The zero-order valence-electron chi connectivity index (χ0n) is 5.63. The molecule has 0 spiro atoms. The standard InChI is InChI=1S/C6H12N2O/c1-5-2-3-6(9)8(5)4-7/h5H,2-4,7H2,1H3. The summed E-state index contributed by atoms with van der Waals surface area (Å²) in [5.41, 5.74) is 5.32. The summed E-state index contributed by atoms with van der Waals surface area (Å²) in [4.78, 5) is 12.6. The van der Waals surface area contributed by atoms with Crippen LogP contribution in [0.5, 0.6) is 0 Å². The molecule has 0 aromatic heterocycles. The highest BCUT2D eigenvalue weighted by atomic mass is 16.2. The van der Waals surface area contributed by atoms with E-state index in [9.17, 15) is 4.79 Å². The van der Waals surface area contributed by atoms with Crippen molar-refractivity contribution in [3.8, 4) is 0 Å². The lowest BCUT2D eigenvalue weighted by atomic mass is 10.2. The second-order valence-electron chi connectivity index (χ2n) is 2.43. The highest BCUT2D eigenvalue weighted by Crippen LogP contribution is 2.15. The Morgan fingerprint density at radius 1 is 1.89 bits per heavy atom. The SMILES string of the molecule is CC1CCC(=O)N1CN. The predicted molar refractivity (Wildman–Crippen MR) is 34.6 cm³/mol. The van der Waals surface area contributed by atoms with E-state index in [2.05, 4.69) is 0 Å². The van der Waals surface area contributed by atoms with Gasteiger partial charge in [-0.05, 0) is 13.3 Å². The Hall–Kier alpha value is -0.570. The van der Waals surface area contributed by atoms with Gasteiger partial charge in [-0.3, -0.25) is 4.79 Å². The number of hydrogen-bond donors (Lipinski definition) is 1. The molecule has 1 aliphatic rings. The lowest BCUT2D eigenvalue weighted by Gasteiger charge is -2.18. The molecule has 1 fully saturated rings. The van der Waals surface area contributed by atoms with Gasteiger partial charge in [-0.15, -0.1) is 0 Å². The van der Waals surface area contributed by atoms with Crippen molar-refractivity contribution in [1.82, 2.24) is 4.90 Å². The molecule has 0 radical (unpaired) electrons. The first-order chi connectivity index (χ1) is 4.25. The third kappa shape index (κ3) is 1.05. The normalized spacial score (nSPS) is 27.6. The van der Waals surface area contributed by atoms with Crippen molar-refractivity contribution in [1.29, 1.82) is 0 Å². The van der Waals surface area contributed by atoms with Gasteiger partial charge in [0, 0.05) is 12.5 Å². The van der Waals surface area contributed by atoms with Crippen molar-refractivity contribution in [3.05, 3.63) is 0 Å². The van der Waals surface area contributed by atoms with Gasteiger partial charge < -0.3 is 10.6 Å². The first kappa shape index (κ1) is 6.55. The number of rotatable bonds is 1. The molecule has 52 valence electrons. The van der Waals surface area contributed by atoms with Gasteiger partial charge in [-0.1, -0.05) is 0 Å². The van der Waals surface area contributed by atoms with E-state index < -0.39 is 0 Å². The van der Waals surface area contributed by atoms with Crippen LogP contribution in [-0.2, 0) is 4.79 Å². The van der Waals surface area contributed by atoms with Crippen LogP contribution in [0.2, 0.25) is 0 Å². The lowest BCUT2D eigenvalue weighted by molar-refractivity contribution is -0.128. The molecule has 0 aromatic carbocycles. The number of amides is 1. The molecule has 1 rings (SSSR count). The van der Waals surface area contributed by atoms with Crippen LogP contribution >= 0.6 is 0 Å². The summed E-state index contributed by atoms with van der Waals surface area (Å²) < 4.78 is 0. The molecule has 1 amide bonds. The number of likely N-dealkylation sites (tertiary alicyclic amines) is 1. The maximum atomic E-state index is 10.9. The van der Waals surface area contributed by atoms with Crippen molar-refractivity contribution in [2.45, 2.75) is 25.8 Å². The molecular weight excluding hydrogens is 116 g/mol. The maximum Gasteiger partial charge on any atom is 0.223 e. The minimum atomic E-state index is 0.199. The van der Waals surface area contributed by atoms with E-state index in [0.29, 0.717) is 19.1 Å². The summed E-state index contributed by atoms with van der Waals surface area (Å²) in [6.07, 6.45) is 1.65. The molecule has 3 heteroatoms. The summed E-state index contributed by atoms with van der Waals surface area (Å²) in [7, 11) is 0. The summed E-state index contributed by atoms with van der Waals surface area (Å²) in [6.45, 7) is 2.40. The minimum Gasteiger partial charge on any atom is -0.327 e. The van der Waals surface area contributed by atoms with Crippen LogP contribution in [0.3, 0.4) is 0 Å². The van der Waals surface area contributed by atoms with E-state index in [1.165, 1.54) is 0 Å². The van der Waals surface area contributed by atoms with Crippen molar-refractivity contribution in [2.75, 3.05) is 6.67 Å². The van der Waals surface area contributed by atoms with Crippen molar-refractivity contribution in [3.63, 3.8) is 0 Å². The summed E-state index contributed by atoms with van der Waals surface area (Å²) in [5, 5.41) is 0. The fraction of sp³-hybridized carbons (Fsp3) is 0.833. The molecule has 1 atom stereocenters. The van der Waals surface area contributed by atoms with Gasteiger partial charge in [0.25, 0.3) is 0 Å². The van der Waals surface area contributed by atoms with Crippen LogP contribution in [0, 0.1) is 0 Å². The van der Waals surface area contributed by atoms with Gasteiger partial charge in [-0.2, -0.15) is 0 Å². The quantitative estimate of drug-likeness (QED) is 0.536. The highest BCUT2D eigenvalue weighted by molar-refractivity contribution is 5.78. The van der Waals surface area contributed by atoms with Gasteiger partial charge in [0.05, 0.1) is 6.67 Å². The molecule has 1 aliphatic heterocycles. The Kier molecular flexibility index (Phi) is 1.71. The average Bonchev–Trinajstić information content (AvgIpc) is 2.12. The predicted octanol–water partition coefficient (Wildman–Crippen LogP) is -0.0865. The van der Waals surface area contributed by atoms with E-state index in [1.807, 2.05) is 6.92 Å². The number of carbonyl (C=O) groups excluding carboxylic acids is 1. The monoisotopic (exact) mass is 128 g/mol. The van der Waals surface area contributed by atoms with Crippen LogP contribution < -0.4 is 5.73 Å². The molecule has 1 heterocycles. The molecule has 0 bridgehead atoms. The minimum absolute atomic E-state index is 0.199. The molecule has 0 aliphatic carbocycles. The second kappa shape index (κ2) is 2.35. The smallest absolute Gasteiger partial charge is 0.223 e. The van der Waals surface area contributed by atoms with Crippen LogP contribution in [0.4, 0.5) is 0 Å². The average molecular weight is 128 g/mol. The third-order valence-corrected chi connectivity index (χ3v) is 1.83. The summed E-state index contributed by atoms with van der Waals surface area (Å²) >= 11 is 0. The number of carbonyl (C=O) groups is 1. The van der Waals surface area contributed by atoms with Crippen molar-refractivity contribution < 1.29 is 4.79 Å². The summed E-state index contributed by atoms with van der Waals surface area (Å²) in [6, 6.07) is 0.363. The van der Waals surface area contributed by atoms with E-state index in [0.717, 1.165) is 6.42 Å². The lowest BCUT2D eigenvalue weighted by Crippen LogP contribution is -2.35. The third-order valence-electron chi connectivity index (χ3n) is 1.83. The Bertz CT molecular complexity index is 124. The van der Waals surface area contributed by atoms with Gasteiger partial charge in [-0.25, -0.2) is 0 Å². The number of nitrogens with two attached hydrogens (primary N) is 1. The number of hydrogen-bond acceptors (Lipinski definition) is 2. The van der Waals surface area contributed by atoms with E-state index in [1.54, 1.807) is 4.90 Å². The van der Waals surface area contributed by atoms with Gasteiger partial charge in [0.2, 0.25) is 5.91 Å². The molecule has 9 heavy (non-hydrogen) atoms. The van der Waals surface area contributed by atoms with Gasteiger partial charge in [0.15, 0.2) is 0 Å². The topological polar surface area (TPSA) is 46.3 Å². The van der Waals surface area contributed by atoms with Crippen LogP contribution in [0.25, 0.3) is 0 Å². The fourth-order valence-electron chi connectivity index (χ4n) is 1.16. The molecule has 2 N–H and O–H groups in total. The largest absolute Gasteiger partial charge is 0.327 e. The molecule has 0 saturated carbocycles. The number of nitrogens with zero attached hydrogens (tertiary/aromatic N) is 1.